The number of fused-ring (bicyclic) bond motifs is 1. The van der Waals surface area contributed by atoms with Crippen LogP contribution < -0.4 is 10.6 Å². The van der Waals surface area contributed by atoms with E-state index in [-0.39, 0.29) is 11.1 Å². The smallest absolute Gasteiger partial charge is 0.337 e. The molecule has 7 nitrogen and oxygen atoms in total. The first-order valence-electron chi connectivity index (χ1n) is 6.45. The third-order valence-electron chi connectivity index (χ3n) is 2.79. The summed E-state index contributed by atoms with van der Waals surface area (Å²) >= 11 is 0. The van der Waals surface area contributed by atoms with Crippen molar-refractivity contribution in [1.29, 1.82) is 0 Å². The first kappa shape index (κ1) is 14.8. The molecule has 21 heavy (non-hydrogen) atoms. The van der Waals surface area contributed by atoms with Gasteiger partial charge in [0.2, 0.25) is 0 Å². The zero-order chi connectivity index (χ0) is 15.8. The number of nitrogens with zero attached hydrogens (tertiary/aromatic N) is 2. The monoisotopic (exact) mass is 290 g/mol. The number of benzene rings is 1. The molecule has 0 unspecified atom stereocenters. The third kappa shape index (κ3) is 3.31. The predicted octanol–water partition coefficient (Wildman–Crippen LogP) is 2.19. The van der Waals surface area contributed by atoms with Crippen LogP contribution in [0.4, 0.5) is 10.5 Å². The molecular formula is C14H18N4O3. The fourth-order valence-electron chi connectivity index (χ4n) is 2.03. The second kappa shape index (κ2) is 5.08. The number of aromatic carboxylic acids is 1. The molecule has 0 saturated carbocycles. The molecule has 2 amide bonds. The van der Waals surface area contributed by atoms with E-state index in [1.54, 1.807) is 17.7 Å². The number of carboxylic acid groups (broad SMARTS) is 1. The first-order valence-corrected chi connectivity index (χ1v) is 6.45. The van der Waals surface area contributed by atoms with Crippen LogP contribution in [0, 0.1) is 0 Å². The van der Waals surface area contributed by atoms with Crippen molar-refractivity contribution in [2.45, 2.75) is 26.3 Å². The number of hydrogen-bond donors (Lipinski definition) is 3. The Balaban J connectivity index is 2.38. The molecule has 0 fully saturated rings. The Morgan fingerprint density at radius 1 is 1.29 bits per heavy atom. The minimum absolute atomic E-state index is 0.0959. The second-order valence-electron chi connectivity index (χ2n) is 5.88. The van der Waals surface area contributed by atoms with E-state index in [0.717, 1.165) is 0 Å². The van der Waals surface area contributed by atoms with E-state index in [1.807, 2.05) is 20.8 Å². The molecule has 0 radical (unpaired) electrons. The fraction of sp³-hybridized carbons (Fsp3) is 0.357. The highest BCUT2D eigenvalue weighted by atomic mass is 16.4. The van der Waals surface area contributed by atoms with E-state index in [1.165, 1.54) is 12.4 Å². The molecule has 0 bridgehead atoms. The summed E-state index contributed by atoms with van der Waals surface area (Å²) in [5, 5.41) is 14.7. The van der Waals surface area contributed by atoms with Crippen molar-refractivity contribution < 1.29 is 14.7 Å². The van der Waals surface area contributed by atoms with Gasteiger partial charge in [-0.25, -0.2) is 14.6 Å². The highest BCUT2D eigenvalue weighted by Crippen LogP contribution is 2.23. The van der Waals surface area contributed by atoms with E-state index >= 15 is 0 Å². The minimum Gasteiger partial charge on any atom is -0.478 e. The number of amides is 2. The average Bonchev–Trinajstić information content (AvgIpc) is 2.67. The van der Waals surface area contributed by atoms with Crippen LogP contribution in [0.2, 0.25) is 0 Å². The molecule has 1 aromatic carbocycles. The standard InChI is InChI=1S/C14H18N4O3/c1-14(2,3)17-13(21)16-8-5-9(12(19)20)11-10(6-8)15-7-18(11)4/h5-7H,1-4H3,(H,19,20)(H2,16,17,21). The lowest BCUT2D eigenvalue weighted by atomic mass is 10.1. The SMILES string of the molecule is Cn1cnc2cc(NC(=O)NC(C)(C)C)cc(C(=O)O)c21. The summed E-state index contributed by atoms with van der Waals surface area (Å²) in [5.74, 6) is -1.07. The number of aromatic nitrogens is 2. The van der Waals surface area contributed by atoms with Crippen LogP contribution in [-0.2, 0) is 7.05 Å². The predicted molar refractivity (Wildman–Crippen MR) is 79.6 cm³/mol. The summed E-state index contributed by atoms with van der Waals surface area (Å²) in [5.41, 5.74) is 1.14. The second-order valence-corrected chi connectivity index (χ2v) is 5.88. The van der Waals surface area contributed by atoms with Gasteiger partial charge in [0.05, 0.1) is 22.9 Å². The topological polar surface area (TPSA) is 96.3 Å². The Hall–Kier alpha value is -2.57. The summed E-state index contributed by atoms with van der Waals surface area (Å²) in [6.45, 7) is 5.58. The van der Waals surface area contributed by atoms with Crippen molar-refractivity contribution >= 4 is 28.7 Å². The Labute approximate surface area is 122 Å². The van der Waals surface area contributed by atoms with Crippen molar-refractivity contribution in [2.75, 3.05) is 5.32 Å². The van der Waals surface area contributed by atoms with Gasteiger partial charge in [-0.1, -0.05) is 0 Å². The Morgan fingerprint density at radius 2 is 1.95 bits per heavy atom. The quantitative estimate of drug-likeness (QED) is 0.790. The molecular weight excluding hydrogens is 272 g/mol. The lowest BCUT2D eigenvalue weighted by molar-refractivity contribution is 0.0698. The minimum atomic E-state index is -1.07. The van der Waals surface area contributed by atoms with Crippen LogP contribution in [0.15, 0.2) is 18.5 Å². The first-order chi connectivity index (χ1) is 9.67. The molecule has 0 saturated heterocycles. The highest BCUT2D eigenvalue weighted by Gasteiger charge is 2.17. The van der Waals surface area contributed by atoms with Gasteiger partial charge in [0.15, 0.2) is 0 Å². The lowest BCUT2D eigenvalue weighted by Gasteiger charge is -2.20. The summed E-state index contributed by atoms with van der Waals surface area (Å²) in [7, 11) is 1.72. The van der Waals surface area contributed by atoms with Gasteiger partial charge in [0.1, 0.15) is 0 Å². The number of imidazole rings is 1. The number of carbonyl (C=O) groups excluding carboxylic acids is 1. The van der Waals surface area contributed by atoms with Gasteiger partial charge >= 0.3 is 12.0 Å². The number of rotatable bonds is 2. The fourth-order valence-corrected chi connectivity index (χ4v) is 2.03. The van der Waals surface area contributed by atoms with Gasteiger partial charge in [0, 0.05) is 18.3 Å². The third-order valence-corrected chi connectivity index (χ3v) is 2.79. The van der Waals surface area contributed by atoms with Crippen molar-refractivity contribution in [1.82, 2.24) is 14.9 Å². The van der Waals surface area contributed by atoms with Crippen molar-refractivity contribution in [3.63, 3.8) is 0 Å². The van der Waals surface area contributed by atoms with Crippen molar-refractivity contribution in [3.05, 3.63) is 24.0 Å². The van der Waals surface area contributed by atoms with Crippen molar-refractivity contribution in [3.8, 4) is 0 Å². The van der Waals surface area contributed by atoms with E-state index < -0.39 is 12.0 Å². The molecule has 2 aromatic rings. The van der Waals surface area contributed by atoms with E-state index in [4.69, 9.17) is 0 Å². The molecule has 1 aromatic heterocycles. The summed E-state index contributed by atoms with van der Waals surface area (Å²) in [6.07, 6.45) is 1.54. The van der Waals surface area contributed by atoms with Gasteiger partial charge in [-0.15, -0.1) is 0 Å². The van der Waals surface area contributed by atoms with Crippen LogP contribution in [0.3, 0.4) is 0 Å². The number of nitrogens with one attached hydrogen (secondary N) is 2. The molecule has 112 valence electrons. The normalized spacial score (nSPS) is 11.4. The summed E-state index contributed by atoms with van der Waals surface area (Å²) in [4.78, 5) is 27.3. The maximum Gasteiger partial charge on any atom is 0.337 e. The molecule has 0 aliphatic carbocycles. The van der Waals surface area contributed by atoms with Crippen LogP contribution in [0.1, 0.15) is 31.1 Å². The van der Waals surface area contributed by atoms with Gasteiger partial charge in [0.25, 0.3) is 0 Å². The van der Waals surface area contributed by atoms with E-state index in [0.29, 0.717) is 16.7 Å². The highest BCUT2D eigenvalue weighted by molar-refractivity contribution is 6.04. The molecule has 0 aliphatic rings. The lowest BCUT2D eigenvalue weighted by Crippen LogP contribution is -2.43. The summed E-state index contributed by atoms with van der Waals surface area (Å²) in [6, 6.07) is 2.67. The largest absolute Gasteiger partial charge is 0.478 e. The van der Waals surface area contributed by atoms with Crippen LogP contribution in [0.25, 0.3) is 11.0 Å². The Kier molecular flexibility index (Phi) is 3.59. The van der Waals surface area contributed by atoms with Gasteiger partial charge in [-0.3, -0.25) is 0 Å². The Bertz CT molecular complexity index is 713. The van der Waals surface area contributed by atoms with Crippen molar-refractivity contribution in [2.24, 2.45) is 7.05 Å². The molecule has 0 aliphatic heterocycles. The molecule has 0 atom stereocenters. The van der Waals surface area contributed by atoms with Crippen LogP contribution in [0.5, 0.6) is 0 Å². The van der Waals surface area contributed by atoms with E-state index in [9.17, 15) is 14.7 Å². The zero-order valence-electron chi connectivity index (χ0n) is 12.4. The van der Waals surface area contributed by atoms with Gasteiger partial charge in [-0.2, -0.15) is 0 Å². The molecule has 1 heterocycles. The number of carbonyl (C=O) groups is 2. The maximum atomic E-state index is 11.9. The van der Waals surface area contributed by atoms with Gasteiger partial charge in [-0.05, 0) is 32.9 Å². The van der Waals surface area contributed by atoms with Crippen LogP contribution in [-0.4, -0.2) is 32.2 Å². The Morgan fingerprint density at radius 3 is 2.52 bits per heavy atom. The number of urea groups is 1. The number of carboxylic acids is 1. The van der Waals surface area contributed by atoms with Crippen LogP contribution >= 0.6 is 0 Å². The van der Waals surface area contributed by atoms with E-state index in [2.05, 4.69) is 15.6 Å². The molecule has 2 rings (SSSR count). The number of anilines is 1. The maximum absolute atomic E-state index is 11.9. The zero-order valence-corrected chi connectivity index (χ0v) is 12.4. The molecule has 0 spiro atoms. The number of hydrogen-bond acceptors (Lipinski definition) is 3. The molecule has 7 heteroatoms. The number of aryl methyl sites for hydroxylation is 1. The van der Waals surface area contributed by atoms with Gasteiger partial charge < -0.3 is 20.3 Å². The summed E-state index contributed by atoms with van der Waals surface area (Å²) < 4.78 is 1.64. The molecule has 3 N–H and O–H groups in total. The average molecular weight is 290 g/mol.